The summed E-state index contributed by atoms with van der Waals surface area (Å²) in [4.78, 5) is 4.94. The molecule has 10 heavy (non-hydrogen) atoms. The van der Waals surface area contributed by atoms with Crippen molar-refractivity contribution < 1.29 is 4.84 Å². The molecule has 2 rings (SSSR count). The molecule has 1 N–H and O–H groups in total. The van der Waals surface area contributed by atoms with Gasteiger partial charge in [-0.1, -0.05) is 12.1 Å². The lowest BCUT2D eigenvalue weighted by Crippen LogP contribution is -2.16. The topological polar surface area (TPSA) is 33.6 Å². The molecule has 1 heterocycles. The highest BCUT2D eigenvalue weighted by atomic mass is 16.7. The zero-order valence-electron chi connectivity index (χ0n) is 5.16. The van der Waals surface area contributed by atoms with Crippen LogP contribution in [0.3, 0.4) is 0 Å². The third kappa shape index (κ3) is 0.719. The summed E-state index contributed by atoms with van der Waals surface area (Å²) in [6.45, 7) is 0. The summed E-state index contributed by atoms with van der Waals surface area (Å²) in [5, 5.41) is 3.60. The molecule has 1 aliphatic rings. The van der Waals surface area contributed by atoms with Crippen molar-refractivity contribution in [1.29, 1.82) is 0 Å². The van der Waals surface area contributed by atoms with E-state index in [1.165, 1.54) is 0 Å². The van der Waals surface area contributed by atoms with Crippen LogP contribution in [0.4, 0.5) is 0 Å². The number of hydrogen-bond donors (Lipinski definition) is 1. The van der Waals surface area contributed by atoms with E-state index in [0.29, 0.717) is 0 Å². The first-order chi connectivity index (χ1) is 4.97. The largest absolute Gasteiger partial charge is 0.364 e. The third-order valence-corrected chi connectivity index (χ3v) is 1.26. The summed E-state index contributed by atoms with van der Waals surface area (Å²) in [7, 11) is 0. The first kappa shape index (κ1) is 5.29. The highest BCUT2D eigenvalue weighted by Gasteiger charge is 2.03. The second-order valence-corrected chi connectivity index (χ2v) is 1.91. The molecule has 1 aromatic rings. The Morgan fingerprint density at radius 2 is 2.30 bits per heavy atom. The Balaban J connectivity index is 2.54. The molecule has 0 atom stereocenters. The quantitative estimate of drug-likeness (QED) is 0.567. The minimum absolute atomic E-state index is 0.762. The Hall–Kier alpha value is -1.51. The van der Waals surface area contributed by atoms with Gasteiger partial charge in [0.25, 0.3) is 0 Å². The van der Waals surface area contributed by atoms with Crippen molar-refractivity contribution in [2.75, 3.05) is 0 Å². The van der Waals surface area contributed by atoms with Crippen molar-refractivity contribution in [1.82, 2.24) is 5.59 Å². The predicted octanol–water partition coefficient (Wildman–Crippen LogP) is 0.794. The monoisotopic (exact) mass is 133 g/mol. The molecule has 0 aliphatic carbocycles. The van der Waals surface area contributed by atoms with E-state index in [2.05, 4.69) is 16.9 Å². The van der Waals surface area contributed by atoms with Gasteiger partial charge in [0.15, 0.2) is 5.75 Å². The Morgan fingerprint density at radius 3 is 3.20 bits per heavy atom. The Morgan fingerprint density at radius 1 is 1.40 bits per heavy atom. The Bertz CT molecular complexity index is 270. The van der Waals surface area contributed by atoms with Gasteiger partial charge in [-0.2, -0.15) is 0 Å². The molecule has 1 aromatic carbocycles. The van der Waals surface area contributed by atoms with E-state index < -0.39 is 0 Å². The van der Waals surface area contributed by atoms with Crippen LogP contribution in [0.25, 0.3) is 0 Å². The molecule has 0 unspecified atom stereocenters. The van der Waals surface area contributed by atoms with Gasteiger partial charge in [0.05, 0.1) is 0 Å². The molecule has 3 heteroatoms. The fraction of sp³-hybridized carbons (Fsp3) is 0. The molecule has 49 valence electrons. The van der Waals surface area contributed by atoms with E-state index in [1.807, 2.05) is 24.3 Å². The number of para-hydroxylation sites is 1. The van der Waals surface area contributed by atoms with E-state index in [9.17, 15) is 0 Å². The van der Waals surface area contributed by atoms with E-state index in [1.54, 1.807) is 0 Å². The van der Waals surface area contributed by atoms with E-state index in [0.717, 1.165) is 11.3 Å². The van der Waals surface area contributed by atoms with Crippen LogP contribution in [0, 0.1) is 0 Å². The molecular weight excluding hydrogens is 128 g/mol. The molecule has 0 bridgehead atoms. The standard InChI is InChI=1S/C7H5N2O/c1-2-4-7-6(3-1)5-8-9-10-7/h1-4,9H. The molecule has 0 aromatic heterocycles. The second kappa shape index (κ2) is 2.02. The molecule has 1 radical (unpaired) electrons. The molecule has 0 saturated carbocycles. The van der Waals surface area contributed by atoms with Crippen LogP contribution in [0.5, 0.6) is 5.75 Å². The van der Waals surface area contributed by atoms with E-state index in [-0.39, 0.29) is 0 Å². The minimum atomic E-state index is 0.762. The smallest absolute Gasteiger partial charge is 0.166 e. The number of hydrogen-bond acceptors (Lipinski definition) is 3. The highest BCUT2D eigenvalue weighted by molar-refractivity contribution is 5.83. The van der Waals surface area contributed by atoms with Gasteiger partial charge in [-0.25, -0.2) is 0 Å². The fourth-order valence-corrected chi connectivity index (χ4v) is 0.803. The molecule has 3 nitrogen and oxygen atoms in total. The lowest BCUT2D eigenvalue weighted by molar-refractivity contribution is 0.197. The molecule has 0 amide bonds. The third-order valence-electron chi connectivity index (χ3n) is 1.26. The minimum Gasteiger partial charge on any atom is -0.364 e. The maximum Gasteiger partial charge on any atom is 0.166 e. The van der Waals surface area contributed by atoms with Crippen LogP contribution >= 0.6 is 0 Å². The van der Waals surface area contributed by atoms with Gasteiger partial charge < -0.3 is 4.84 Å². The van der Waals surface area contributed by atoms with Crippen molar-refractivity contribution in [2.24, 2.45) is 5.10 Å². The van der Waals surface area contributed by atoms with Gasteiger partial charge >= 0.3 is 0 Å². The van der Waals surface area contributed by atoms with Crippen LogP contribution < -0.4 is 10.4 Å². The van der Waals surface area contributed by atoms with Crippen molar-refractivity contribution in [3.63, 3.8) is 0 Å². The van der Waals surface area contributed by atoms with Crippen molar-refractivity contribution in [3.05, 3.63) is 29.8 Å². The average Bonchev–Trinajstić information content (AvgIpc) is 2.05. The van der Waals surface area contributed by atoms with Gasteiger partial charge in [0, 0.05) is 5.56 Å². The molecule has 0 fully saturated rings. The van der Waals surface area contributed by atoms with Crippen LogP contribution in [0.2, 0.25) is 0 Å². The van der Waals surface area contributed by atoms with Crippen LogP contribution in [-0.2, 0) is 0 Å². The van der Waals surface area contributed by atoms with Crippen molar-refractivity contribution >= 4 is 6.21 Å². The highest BCUT2D eigenvalue weighted by Crippen LogP contribution is 2.16. The first-order valence-corrected chi connectivity index (χ1v) is 2.93. The summed E-state index contributed by atoms with van der Waals surface area (Å²) >= 11 is 0. The summed E-state index contributed by atoms with van der Waals surface area (Å²) in [6, 6.07) is 7.55. The van der Waals surface area contributed by atoms with Crippen LogP contribution in [0.15, 0.2) is 29.4 Å². The van der Waals surface area contributed by atoms with Gasteiger partial charge in [0.1, 0.15) is 6.21 Å². The number of rotatable bonds is 0. The first-order valence-electron chi connectivity index (χ1n) is 2.93. The molecular formula is C7H5N2O. The summed E-state index contributed by atoms with van der Waals surface area (Å²) in [5.74, 6) is 0.762. The number of fused-ring (bicyclic) bond motifs is 1. The van der Waals surface area contributed by atoms with Gasteiger partial charge in [-0.15, -0.1) is 10.7 Å². The van der Waals surface area contributed by atoms with Crippen LogP contribution in [0.1, 0.15) is 5.56 Å². The lowest BCUT2D eigenvalue weighted by atomic mass is 10.2. The maximum absolute atomic E-state index is 4.94. The van der Waals surface area contributed by atoms with Crippen molar-refractivity contribution in [2.45, 2.75) is 0 Å². The van der Waals surface area contributed by atoms with Crippen LogP contribution in [-0.4, -0.2) is 6.21 Å². The van der Waals surface area contributed by atoms with E-state index in [4.69, 9.17) is 4.84 Å². The maximum atomic E-state index is 4.94. The molecule has 0 spiro atoms. The Labute approximate surface area is 58.3 Å². The molecule has 0 saturated heterocycles. The van der Waals surface area contributed by atoms with Gasteiger partial charge in [-0.3, -0.25) is 0 Å². The zero-order chi connectivity index (χ0) is 6.81. The zero-order valence-corrected chi connectivity index (χ0v) is 5.16. The number of nitrogens with one attached hydrogen (secondary N) is 1. The predicted molar refractivity (Wildman–Crippen MR) is 36.7 cm³/mol. The fourth-order valence-electron chi connectivity index (χ4n) is 0.803. The number of nitrogens with zero attached hydrogens (tertiary/aromatic N) is 1. The number of hydrazone groups is 1. The summed E-state index contributed by atoms with van der Waals surface area (Å²) < 4.78 is 0. The Kier molecular flexibility index (Phi) is 1.07. The summed E-state index contributed by atoms with van der Waals surface area (Å²) in [6.07, 6.45) is 2.75. The van der Waals surface area contributed by atoms with Crippen molar-refractivity contribution in [3.8, 4) is 5.75 Å². The van der Waals surface area contributed by atoms with E-state index >= 15 is 0 Å². The average molecular weight is 133 g/mol. The molecule has 1 aliphatic heterocycles. The SMILES string of the molecule is [C]1=NNOc2ccccc21. The van der Waals surface area contributed by atoms with Gasteiger partial charge in [-0.05, 0) is 12.1 Å². The normalized spacial score (nSPS) is 13.2. The lowest BCUT2D eigenvalue weighted by Gasteiger charge is -2.09. The second-order valence-electron chi connectivity index (χ2n) is 1.91. The summed E-state index contributed by atoms with van der Waals surface area (Å²) in [5.41, 5.74) is 3.23. The van der Waals surface area contributed by atoms with Gasteiger partial charge in [0.2, 0.25) is 0 Å². The number of benzene rings is 1.